The number of hydrogen-bond donors (Lipinski definition) is 2. The van der Waals surface area contributed by atoms with Gasteiger partial charge in [-0.2, -0.15) is 0 Å². The second-order valence-electron chi connectivity index (χ2n) is 5.42. The topological polar surface area (TPSA) is 58.6 Å². The van der Waals surface area contributed by atoms with Gasteiger partial charge < -0.3 is 15.2 Å². The minimum absolute atomic E-state index is 0.196. The van der Waals surface area contributed by atoms with Gasteiger partial charge in [-0.15, -0.1) is 11.3 Å². The molecule has 0 aliphatic rings. The van der Waals surface area contributed by atoms with Gasteiger partial charge in [0, 0.05) is 17.0 Å². The first-order valence-electron chi connectivity index (χ1n) is 7.85. The van der Waals surface area contributed by atoms with Crippen molar-refractivity contribution in [2.45, 2.75) is 32.8 Å². The number of unbranched alkanes of at least 4 members (excludes halogenated alkanes) is 1. The van der Waals surface area contributed by atoms with E-state index >= 15 is 0 Å². The van der Waals surface area contributed by atoms with Gasteiger partial charge in [0.1, 0.15) is 11.9 Å². The first-order chi connectivity index (χ1) is 11.1. The number of rotatable bonds is 8. The lowest BCUT2D eigenvalue weighted by Crippen LogP contribution is -2.28. The van der Waals surface area contributed by atoms with Gasteiger partial charge >= 0.3 is 0 Å². The third-order valence-electron chi connectivity index (χ3n) is 3.54. The van der Waals surface area contributed by atoms with Gasteiger partial charge in [-0.1, -0.05) is 13.3 Å². The highest BCUT2D eigenvalue weighted by atomic mass is 32.1. The van der Waals surface area contributed by atoms with Gasteiger partial charge in [0.25, 0.3) is 5.91 Å². The van der Waals surface area contributed by atoms with E-state index in [-0.39, 0.29) is 12.5 Å². The van der Waals surface area contributed by atoms with Gasteiger partial charge in [0.05, 0.1) is 6.61 Å². The molecule has 0 fully saturated rings. The second kappa shape index (κ2) is 8.70. The Balaban J connectivity index is 1.84. The van der Waals surface area contributed by atoms with Crippen LogP contribution in [0.5, 0.6) is 5.75 Å². The van der Waals surface area contributed by atoms with Crippen LogP contribution in [0.25, 0.3) is 0 Å². The Bertz CT molecular complexity index is 621. The van der Waals surface area contributed by atoms with Crippen LogP contribution in [0, 0.1) is 6.92 Å². The molecule has 1 heterocycles. The molecule has 5 heteroatoms. The Labute approximate surface area is 141 Å². The summed E-state index contributed by atoms with van der Waals surface area (Å²) in [7, 11) is 0. The molecule has 1 atom stereocenters. The van der Waals surface area contributed by atoms with Crippen LogP contribution in [0.2, 0.25) is 0 Å². The molecule has 0 aliphatic heterocycles. The monoisotopic (exact) mass is 333 g/mol. The number of aliphatic hydroxyl groups excluding tert-OH is 1. The molecule has 1 aromatic carbocycles. The molecule has 0 aliphatic carbocycles. The molecule has 0 spiro atoms. The fraction of sp³-hybridized carbons (Fsp3) is 0.389. The van der Waals surface area contributed by atoms with Crippen molar-refractivity contribution >= 4 is 17.2 Å². The maximum atomic E-state index is 12.1. The second-order valence-corrected chi connectivity index (χ2v) is 6.37. The number of thiophene rings is 1. The highest BCUT2D eigenvalue weighted by Gasteiger charge is 2.14. The SMILES string of the molecule is CCCCOc1ccc(C(=O)NCC(O)c2sccc2C)cc1. The quantitative estimate of drug-likeness (QED) is 0.724. The smallest absolute Gasteiger partial charge is 0.251 e. The zero-order chi connectivity index (χ0) is 16.7. The standard InChI is InChI=1S/C18H23NO3S/c1-3-4-10-22-15-7-5-14(6-8-15)18(21)19-12-16(20)17-13(2)9-11-23-17/h5-9,11,16,20H,3-4,10,12H2,1-2H3,(H,19,21). The van der Waals surface area contributed by atoms with Crippen LogP contribution < -0.4 is 10.1 Å². The molecule has 0 saturated carbocycles. The molecular weight excluding hydrogens is 310 g/mol. The van der Waals surface area contributed by atoms with Crippen LogP contribution >= 0.6 is 11.3 Å². The summed E-state index contributed by atoms with van der Waals surface area (Å²) in [4.78, 5) is 13.0. The highest BCUT2D eigenvalue weighted by molar-refractivity contribution is 7.10. The van der Waals surface area contributed by atoms with E-state index < -0.39 is 6.10 Å². The number of aliphatic hydroxyl groups is 1. The maximum Gasteiger partial charge on any atom is 0.251 e. The number of carbonyl (C=O) groups excluding carboxylic acids is 1. The molecule has 2 rings (SSSR count). The zero-order valence-corrected chi connectivity index (χ0v) is 14.4. The van der Waals surface area contributed by atoms with E-state index in [0.29, 0.717) is 12.2 Å². The molecule has 0 bridgehead atoms. The maximum absolute atomic E-state index is 12.1. The molecule has 0 saturated heterocycles. The Morgan fingerprint density at radius 2 is 2.04 bits per heavy atom. The van der Waals surface area contributed by atoms with Crippen molar-refractivity contribution < 1.29 is 14.6 Å². The number of carbonyl (C=O) groups is 1. The Hall–Kier alpha value is -1.85. The largest absolute Gasteiger partial charge is 0.494 e. The van der Waals surface area contributed by atoms with Crippen molar-refractivity contribution in [3.8, 4) is 5.75 Å². The van der Waals surface area contributed by atoms with E-state index in [1.54, 1.807) is 24.3 Å². The lowest BCUT2D eigenvalue weighted by Gasteiger charge is -2.12. The number of nitrogens with one attached hydrogen (secondary N) is 1. The van der Waals surface area contributed by atoms with Crippen LogP contribution in [0.4, 0.5) is 0 Å². The fourth-order valence-electron chi connectivity index (χ4n) is 2.15. The fourth-order valence-corrected chi connectivity index (χ4v) is 3.06. The summed E-state index contributed by atoms with van der Waals surface area (Å²) >= 11 is 1.50. The van der Waals surface area contributed by atoms with Gasteiger partial charge in [-0.3, -0.25) is 4.79 Å². The number of ether oxygens (including phenoxy) is 1. The molecule has 2 aromatic rings. The molecule has 2 N–H and O–H groups in total. The van der Waals surface area contributed by atoms with Crippen molar-refractivity contribution in [2.75, 3.05) is 13.2 Å². The molecule has 1 amide bonds. The summed E-state index contributed by atoms with van der Waals surface area (Å²) < 4.78 is 5.57. The number of hydrogen-bond acceptors (Lipinski definition) is 4. The van der Waals surface area contributed by atoms with Crippen molar-refractivity contribution in [2.24, 2.45) is 0 Å². The van der Waals surface area contributed by atoms with E-state index in [9.17, 15) is 9.90 Å². The number of benzene rings is 1. The van der Waals surface area contributed by atoms with E-state index in [0.717, 1.165) is 29.0 Å². The molecule has 4 nitrogen and oxygen atoms in total. The van der Waals surface area contributed by atoms with Crippen molar-refractivity contribution in [3.63, 3.8) is 0 Å². The van der Waals surface area contributed by atoms with Crippen molar-refractivity contribution in [3.05, 3.63) is 51.7 Å². The minimum Gasteiger partial charge on any atom is -0.494 e. The summed E-state index contributed by atoms with van der Waals surface area (Å²) in [5, 5.41) is 14.8. The van der Waals surface area contributed by atoms with E-state index in [1.165, 1.54) is 11.3 Å². The van der Waals surface area contributed by atoms with Gasteiger partial charge in [0.2, 0.25) is 0 Å². The molecule has 124 valence electrons. The van der Waals surface area contributed by atoms with Crippen LogP contribution in [-0.4, -0.2) is 24.2 Å². The zero-order valence-electron chi connectivity index (χ0n) is 13.5. The molecule has 23 heavy (non-hydrogen) atoms. The average molecular weight is 333 g/mol. The number of aryl methyl sites for hydroxylation is 1. The molecular formula is C18H23NO3S. The van der Waals surface area contributed by atoms with Crippen LogP contribution in [0.1, 0.15) is 46.7 Å². The summed E-state index contributed by atoms with van der Waals surface area (Å²) in [6.07, 6.45) is 1.44. The van der Waals surface area contributed by atoms with Crippen LogP contribution in [0.3, 0.4) is 0 Å². The summed E-state index contributed by atoms with van der Waals surface area (Å²) in [6.45, 7) is 4.96. The van der Waals surface area contributed by atoms with Crippen LogP contribution in [0.15, 0.2) is 35.7 Å². The predicted octanol–water partition coefficient (Wildman–Crippen LogP) is 3.70. The lowest BCUT2D eigenvalue weighted by molar-refractivity contribution is 0.0917. The van der Waals surface area contributed by atoms with Gasteiger partial charge in [-0.05, 0) is 54.6 Å². The Morgan fingerprint density at radius 1 is 1.30 bits per heavy atom. The first kappa shape index (κ1) is 17.5. The van der Waals surface area contributed by atoms with E-state index in [2.05, 4.69) is 12.2 Å². The molecule has 0 radical (unpaired) electrons. The average Bonchev–Trinajstić information content (AvgIpc) is 2.99. The van der Waals surface area contributed by atoms with Gasteiger partial charge in [-0.25, -0.2) is 0 Å². The van der Waals surface area contributed by atoms with Crippen molar-refractivity contribution in [1.29, 1.82) is 0 Å². The third kappa shape index (κ3) is 5.08. The molecule has 1 aromatic heterocycles. The third-order valence-corrected chi connectivity index (χ3v) is 4.66. The minimum atomic E-state index is -0.671. The lowest BCUT2D eigenvalue weighted by atomic mass is 10.2. The van der Waals surface area contributed by atoms with Crippen LogP contribution in [-0.2, 0) is 0 Å². The van der Waals surface area contributed by atoms with Gasteiger partial charge in [0.15, 0.2) is 0 Å². The normalized spacial score (nSPS) is 12.0. The summed E-state index contributed by atoms with van der Waals surface area (Å²) in [6, 6.07) is 9.02. The van der Waals surface area contributed by atoms with E-state index in [1.807, 2.05) is 18.4 Å². The van der Waals surface area contributed by atoms with E-state index in [4.69, 9.17) is 4.74 Å². The molecule has 1 unspecified atom stereocenters. The highest BCUT2D eigenvalue weighted by Crippen LogP contribution is 2.23. The number of amides is 1. The summed E-state index contributed by atoms with van der Waals surface area (Å²) in [5.74, 6) is 0.572. The predicted molar refractivity (Wildman–Crippen MR) is 93.2 cm³/mol. The Kier molecular flexibility index (Phi) is 6.62. The Morgan fingerprint density at radius 3 is 2.65 bits per heavy atom. The first-order valence-corrected chi connectivity index (χ1v) is 8.73. The summed E-state index contributed by atoms with van der Waals surface area (Å²) in [5.41, 5.74) is 1.60. The van der Waals surface area contributed by atoms with Crippen molar-refractivity contribution in [1.82, 2.24) is 5.32 Å².